The van der Waals surface area contributed by atoms with Gasteiger partial charge >= 0.3 is 17.1 Å². The number of amides is 3. The second-order valence-corrected chi connectivity index (χ2v) is 37.2. The molecule has 0 spiro atoms. The molecule has 3 saturated heterocycles. The molecule has 0 aliphatic carbocycles. The van der Waals surface area contributed by atoms with Crippen LogP contribution in [0.5, 0.6) is 17.2 Å². The monoisotopic (exact) mass is 1890 g/mol. The normalized spacial score (nSPS) is 16.2. The third kappa shape index (κ3) is 16.6. The first-order valence-electron chi connectivity index (χ1n) is 44.8. The highest BCUT2D eigenvalue weighted by molar-refractivity contribution is 6.39. The van der Waals surface area contributed by atoms with Crippen LogP contribution in [-0.4, -0.2) is 213 Å². The molecule has 14 aromatic rings. The third-order valence-corrected chi connectivity index (χ3v) is 27.0. The molecule has 20 rings (SSSR count). The maximum atomic E-state index is 15.4. The first kappa shape index (κ1) is 91.9. The van der Waals surface area contributed by atoms with Crippen LogP contribution in [0, 0.1) is 33.5 Å². The van der Waals surface area contributed by atoms with E-state index in [0.29, 0.717) is 166 Å². The fourth-order valence-corrected chi connectivity index (χ4v) is 20.3. The van der Waals surface area contributed by atoms with Crippen LogP contribution in [0.1, 0.15) is 98.6 Å². The van der Waals surface area contributed by atoms with Crippen molar-refractivity contribution in [1.29, 1.82) is 0 Å². The molecular weight excluding hydrogens is 1800 g/mol. The van der Waals surface area contributed by atoms with E-state index in [2.05, 4.69) is 68.1 Å². The fraction of sp³-hybridized carbons (Fsp3) is 0.304. The van der Waals surface area contributed by atoms with Gasteiger partial charge in [0.15, 0.2) is 34.2 Å². The maximum absolute atomic E-state index is 15.4. The standard InChI is InChI=1S/C35H33ClN6O3.C34H31ClN6O3.C33H34Cl2FN7O3/c1-6-25(43)40-15-16-41-23(17-40)18-45-32-27-33(41)39-35(44)42(31-21(5)13-14-37-29(31)19(2)3)34(27)38-30(28(32)36)24-12-8-11-22-10-7-9-20(4)26(22)24;1-5-25(42)39-15-16-40-22(17-39)18-44-31-26-32(40)38-34(43)41(30-20(4)13-14-36-28(30)19(2)3)33(26)37-29(27(31)35)24-12-8-10-21-9-6-7-11-23(21)24;1-18(2)27-29(19(3)11-12-37-27)43-32-25-30(26(35)28(38-32)24-21(34)8-6-9-22(24)36)46-17-20-16-41(23(44)10-7-13-40(4)5)14-15-42(20)31(25)39-33(43)45/h6-14,19,23H,1,15-18H2,2-5H3;5-14,19,22H,1,15-18H2,2-4H3;6-12,18,20H,13-17H2,1-5H3/b;;10-7+. The SMILES string of the molecule is C=CC(=O)N1CCN2c3nc(=O)n(-c4c(C)ccnc4C(C)C)c4nc(-c5cccc6cccc(C)c56)c(Cl)c(c34)OCC2C1.C=CC(=O)N1CCN2c3nc(=O)n(-c4c(C)ccnc4C(C)C)c4nc(-c5cccc6ccccc56)c(Cl)c(c34)OCC2C1.Cc1ccnc(C(C)C)c1-n1c(=O)nc2c3c(c(Cl)c(-c4c(F)cccc4Cl)nc31)OCC1CN(C(=O)/C=C/CN(C)C)CCN21. The summed E-state index contributed by atoms with van der Waals surface area (Å²) >= 11 is 28.1. The molecule has 3 unspecified atom stereocenters. The summed E-state index contributed by atoms with van der Waals surface area (Å²) in [7, 11) is 3.86. The van der Waals surface area contributed by atoms with Gasteiger partial charge in [-0.25, -0.2) is 47.4 Å². The maximum Gasteiger partial charge on any atom is 0.355 e. The molecule has 135 heavy (non-hydrogen) atoms. The van der Waals surface area contributed by atoms with Gasteiger partial charge in [0, 0.05) is 101 Å². The highest BCUT2D eigenvalue weighted by atomic mass is 35.5. The van der Waals surface area contributed by atoms with Crippen LogP contribution < -0.4 is 46.0 Å². The Hall–Kier alpha value is -13.6. The Bertz CT molecular complexity index is 7460. The van der Waals surface area contributed by atoms with Crippen molar-refractivity contribution in [3.05, 3.63) is 268 Å². The Labute approximate surface area is 797 Å². The van der Waals surface area contributed by atoms with E-state index in [1.165, 1.54) is 28.9 Å². The summed E-state index contributed by atoms with van der Waals surface area (Å²) in [6, 6.07) is 35.3. The summed E-state index contributed by atoms with van der Waals surface area (Å²) in [4.78, 5) is 137. The molecule has 690 valence electrons. The highest BCUT2D eigenvalue weighted by Gasteiger charge is 2.43. The Balaban J connectivity index is 0.000000135. The van der Waals surface area contributed by atoms with E-state index in [1.54, 1.807) is 54.6 Å². The van der Waals surface area contributed by atoms with Crippen LogP contribution >= 0.6 is 46.4 Å². The zero-order chi connectivity index (χ0) is 95.1. The van der Waals surface area contributed by atoms with Gasteiger partial charge in [-0.2, -0.15) is 15.0 Å². The number of carbonyl (C=O) groups is 3. The highest BCUT2D eigenvalue weighted by Crippen LogP contribution is 2.52. The topological polar surface area (TPSA) is 284 Å². The number of likely N-dealkylation sites (N-methyl/N-ethyl adjacent to an activating group) is 1. The fourth-order valence-electron chi connectivity index (χ4n) is 19.1. The summed E-state index contributed by atoms with van der Waals surface area (Å²) in [5.41, 5.74) is 9.80. The summed E-state index contributed by atoms with van der Waals surface area (Å²) in [5.74, 6) is 1.29. The molecular formula is C102H98Cl4FN19O9. The minimum absolute atomic E-state index is 0.0106. The first-order valence-corrected chi connectivity index (χ1v) is 46.3. The van der Waals surface area contributed by atoms with Crippen molar-refractivity contribution in [2.24, 2.45) is 0 Å². The van der Waals surface area contributed by atoms with Crippen LogP contribution in [0.2, 0.25) is 20.1 Å². The summed E-state index contributed by atoms with van der Waals surface area (Å²) in [6.07, 6.45) is 11.3. The zero-order valence-corrected chi connectivity index (χ0v) is 79.7. The van der Waals surface area contributed by atoms with E-state index in [4.69, 9.17) is 80.6 Å². The Kier molecular flexibility index (Phi) is 25.4. The van der Waals surface area contributed by atoms with Crippen molar-refractivity contribution >= 4 is 136 Å². The molecule has 3 fully saturated rings. The average molecular weight is 1890 g/mol. The molecule has 0 N–H and O–H groups in total. The third-order valence-electron chi connectivity index (χ3n) is 25.6. The van der Waals surface area contributed by atoms with E-state index < -0.39 is 22.9 Å². The molecule has 5 aromatic carbocycles. The molecule has 3 atom stereocenters. The summed E-state index contributed by atoms with van der Waals surface area (Å²) < 4.78 is 39.5. The number of aromatic nitrogens is 12. The van der Waals surface area contributed by atoms with E-state index in [9.17, 15) is 28.8 Å². The van der Waals surface area contributed by atoms with Crippen molar-refractivity contribution in [2.45, 2.75) is 105 Å². The van der Waals surface area contributed by atoms with Crippen molar-refractivity contribution in [3.8, 4) is 68.1 Å². The van der Waals surface area contributed by atoms with E-state index in [1.807, 2.05) is 176 Å². The molecule has 6 aliphatic heterocycles. The number of aryl methyl sites for hydroxylation is 4. The summed E-state index contributed by atoms with van der Waals surface area (Å²) in [5, 5.41) is 6.45. The number of rotatable bonds is 14. The molecule has 28 nitrogen and oxygen atoms in total. The first-order chi connectivity index (χ1) is 64.9. The van der Waals surface area contributed by atoms with Crippen LogP contribution in [0.25, 0.3) is 105 Å². The lowest BCUT2D eigenvalue weighted by molar-refractivity contribution is -0.127. The van der Waals surface area contributed by atoms with Gasteiger partial charge < -0.3 is 48.5 Å². The second kappa shape index (κ2) is 37.4. The molecule has 15 heterocycles. The molecule has 0 saturated carbocycles. The van der Waals surface area contributed by atoms with E-state index in [0.717, 1.165) is 66.3 Å². The smallest absolute Gasteiger partial charge is 0.355 e. The number of halogens is 5. The molecule has 3 amide bonds. The van der Waals surface area contributed by atoms with Gasteiger partial charge in [-0.05, 0) is 146 Å². The van der Waals surface area contributed by atoms with Gasteiger partial charge in [0.1, 0.15) is 74.3 Å². The van der Waals surface area contributed by atoms with Crippen LogP contribution in [0.15, 0.2) is 186 Å². The summed E-state index contributed by atoms with van der Waals surface area (Å²) in [6.45, 7) is 32.3. The van der Waals surface area contributed by atoms with Gasteiger partial charge in [0.05, 0.1) is 79.9 Å². The van der Waals surface area contributed by atoms with Gasteiger partial charge in [-0.1, -0.05) is 192 Å². The van der Waals surface area contributed by atoms with Crippen LogP contribution in [0.4, 0.5) is 21.8 Å². The Morgan fingerprint density at radius 3 is 1.25 bits per heavy atom. The molecule has 6 aliphatic rings. The Morgan fingerprint density at radius 1 is 0.452 bits per heavy atom. The molecule has 0 bridgehead atoms. The predicted molar refractivity (Wildman–Crippen MR) is 529 cm³/mol. The van der Waals surface area contributed by atoms with Crippen molar-refractivity contribution in [3.63, 3.8) is 0 Å². The molecule has 0 radical (unpaired) electrons. The minimum Gasteiger partial charge on any atom is -0.489 e. The molecule has 33 heteroatoms. The number of carbonyl (C=O) groups excluding carboxylic acids is 3. The van der Waals surface area contributed by atoms with Gasteiger partial charge in [-0.15, -0.1) is 0 Å². The van der Waals surface area contributed by atoms with Crippen molar-refractivity contribution < 1.29 is 33.0 Å². The number of pyridine rings is 6. The van der Waals surface area contributed by atoms with E-state index in [-0.39, 0.29) is 106 Å². The van der Waals surface area contributed by atoms with Gasteiger partial charge in [-0.3, -0.25) is 29.3 Å². The average Bonchev–Trinajstić information content (AvgIpc) is 1.00. The van der Waals surface area contributed by atoms with Gasteiger partial charge in [0.25, 0.3) is 0 Å². The largest absolute Gasteiger partial charge is 0.489 e. The lowest BCUT2D eigenvalue weighted by Gasteiger charge is -2.40. The number of anilines is 3. The van der Waals surface area contributed by atoms with Crippen molar-refractivity contribution in [2.75, 3.05) is 114 Å². The lowest BCUT2D eigenvalue weighted by atomic mass is 9.97. The number of piperazine rings is 3. The van der Waals surface area contributed by atoms with Gasteiger partial charge in [0.2, 0.25) is 17.7 Å². The Morgan fingerprint density at radius 2 is 0.830 bits per heavy atom. The van der Waals surface area contributed by atoms with Crippen molar-refractivity contribution in [1.82, 2.24) is 78.2 Å². The van der Waals surface area contributed by atoms with E-state index >= 15 is 4.39 Å². The number of benzene rings is 5. The number of hydrogen-bond donors (Lipinski definition) is 0. The number of fused-ring (bicyclic) bond motifs is 8. The molecule has 9 aromatic heterocycles. The van der Waals surface area contributed by atoms with Crippen LogP contribution in [-0.2, 0) is 14.4 Å². The number of nitrogens with zero attached hydrogens (tertiary/aromatic N) is 19. The zero-order valence-electron chi connectivity index (χ0n) is 76.6. The number of ether oxygens (including phenoxy) is 3. The quantitative estimate of drug-likeness (QED) is 0.0914. The second-order valence-electron chi connectivity index (χ2n) is 35.6. The lowest BCUT2D eigenvalue weighted by Crippen LogP contribution is -2.56. The predicted octanol–water partition coefficient (Wildman–Crippen LogP) is 16.9. The van der Waals surface area contributed by atoms with Crippen LogP contribution in [0.3, 0.4) is 0 Å². The number of hydrogen-bond acceptors (Lipinski definition) is 22. The minimum atomic E-state index is -0.625.